The van der Waals surface area contributed by atoms with Crippen molar-refractivity contribution in [3.8, 4) is 0 Å². The van der Waals surface area contributed by atoms with E-state index in [-0.39, 0.29) is 5.69 Å². The molecule has 0 atom stereocenters. The van der Waals surface area contributed by atoms with Crippen LogP contribution in [0.1, 0.15) is 15.4 Å². The molecular formula is C11H9BrN2O2S. The van der Waals surface area contributed by atoms with Crippen LogP contribution in [0, 0.1) is 0 Å². The fourth-order valence-electron chi connectivity index (χ4n) is 1.35. The number of aromatic carboxylic acids is 1. The third kappa shape index (κ3) is 2.83. The first-order chi connectivity index (χ1) is 8.18. The summed E-state index contributed by atoms with van der Waals surface area (Å²) in [6.45, 7) is 0.574. The van der Waals surface area contributed by atoms with E-state index in [1.54, 1.807) is 23.5 Å². The van der Waals surface area contributed by atoms with Crippen LogP contribution < -0.4 is 5.32 Å². The van der Waals surface area contributed by atoms with E-state index in [9.17, 15) is 4.79 Å². The number of nitrogens with zero attached hydrogens (tertiary/aromatic N) is 1. The molecule has 0 aliphatic carbocycles. The summed E-state index contributed by atoms with van der Waals surface area (Å²) in [7, 11) is 0. The van der Waals surface area contributed by atoms with Gasteiger partial charge in [-0.1, -0.05) is 0 Å². The van der Waals surface area contributed by atoms with Gasteiger partial charge in [0, 0.05) is 15.5 Å². The van der Waals surface area contributed by atoms with Crippen molar-refractivity contribution in [1.29, 1.82) is 0 Å². The van der Waals surface area contributed by atoms with Gasteiger partial charge in [-0.25, -0.2) is 9.78 Å². The fraction of sp³-hybridized carbons (Fsp3) is 0.0909. The van der Waals surface area contributed by atoms with Gasteiger partial charge in [-0.05, 0) is 39.5 Å². The summed E-state index contributed by atoms with van der Waals surface area (Å²) < 4.78 is 1.02. The Morgan fingerprint density at radius 2 is 2.35 bits per heavy atom. The Labute approximate surface area is 110 Å². The maximum Gasteiger partial charge on any atom is 0.356 e. The second kappa shape index (κ2) is 5.29. The predicted octanol–water partition coefficient (Wildman–Crippen LogP) is 3.22. The highest BCUT2D eigenvalue weighted by Gasteiger charge is 2.11. The molecule has 4 nitrogen and oxygen atoms in total. The summed E-state index contributed by atoms with van der Waals surface area (Å²) in [5.74, 6) is -1.03. The highest BCUT2D eigenvalue weighted by Crippen LogP contribution is 2.24. The van der Waals surface area contributed by atoms with E-state index >= 15 is 0 Å². The molecular weight excluding hydrogens is 304 g/mol. The van der Waals surface area contributed by atoms with Gasteiger partial charge in [0.25, 0.3) is 0 Å². The summed E-state index contributed by atoms with van der Waals surface area (Å²) in [4.78, 5) is 15.9. The van der Waals surface area contributed by atoms with Crippen LogP contribution >= 0.6 is 27.3 Å². The average Bonchev–Trinajstić information content (AvgIpc) is 2.72. The molecule has 88 valence electrons. The summed E-state index contributed by atoms with van der Waals surface area (Å²) >= 11 is 5.03. The average molecular weight is 313 g/mol. The molecule has 2 N–H and O–H groups in total. The molecule has 6 heteroatoms. The van der Waals surface area contributed by atoms with Crippen LogP contribution in [0.5, 0.6) is 0 Å². The van der Waals surface area contributed by atoms with Crippen LogP contribution in [0.25, 0.3) is 0 Å². The van der Waals surface area contributed by atoms with Crippen molar-refractivity contribution in [2.75, 3.05) is 5.32 Å². The number of hydrogen-bond donors (Lipinski definition) is 2. The quantitative estimate of drug-likeness (QED) is 0.910. The lowest BCUT2D eigenvalue weighted by molar-refractivity contribution is 0.0691. The van der Waals surface area contributed by atoms with Crippen molar-refractivity contribution in [2.24, 2.45) is 0 Å². The van der Waals surface area contributed by atoms with Gasteiger partial charge < -0.3 is 10.4 Å². The first-order valence-electron chi connectivity index (χ1n) is 4.82. The Balaban J connectivity index is 2.14. The molecule has 2 heterocycles. The molecule has 2 aromatic heterocycles. The maximum atomic E-state index is 10.9. The number of carboxylic acid groups (broad SMARTS) is 1. The minimum absolute atomic E-state index is 0.0418. The van der Waals surface area contributed by atoms with Crippen molar-refractivity contribution >= 4 is 38.9 Å². The number of halogens is 1. The highest BCUT2D eigenvalue weighted by atomic mass is 79.9. The van der Waals surface area contributed by atoms with Gasteiger partial charge in [0.2, 0.25) is 0 Å². The standard InChI is InChI=1S/C11H9BrN2O2S/c12-7-3-5-17-9(7)6-14-8-2-1-4-13-10(8)11(15)16/h1-5,14H,6H2,(H,15,16). The third-order valence-corrected chi connectivity index (χ3v) is 4.07. The Kier molecular flexibility index (Phi) is 3.75. The highest BCUT2D eigenvalue weighted by molar-refractivity contribution is 9.10. The lowest BCUT2D eigenvalue weighted by atomic mass is 10.3. The van der Waals surface area contributed by atoms with Gasteiger partial charge in [0.1, 0.15) is 0 Å². The van der Waals surface area contributed by atoms with Gasteiger partial charge in [0.05, 0.1) is 12.2 Å². The zero-order valence-electron chi connectivity index (χ0n) is 8.68. The summed E-state index contributed by atoms with van der Waals surface area (Å²) in [5, 5.41) is 14.0. The van der Waals surface area contributed by atoms with E-state index in [1.807, 2.05) is 11.4 Å². The molecule has 0 amide bonds. The first-order valence-corrected chi connectivity index (χ1v) is 6.50. The number of pyridine rings is 1. The van der Waals surface area contributed by atoms with Crippen LogP contribution in [-0.4, -0.2) is 16.1 Å². The number of nitrogens with one attached hydrogen (secondary N) is 1. The number of rotatable bonds is 4. The van der Waals surface area contributed by atoms with E-state index < -0.39 is 5.97 Å². The smallest absolute Gasteiger partial charge is 0.356 e. The number of anilines is 1. The first kappa shape index (κ1) is 12.1. The van der Waals surface area contributed by atoms with E-state index in [1.165, 1.54) is 6.20 Å². The van der Waals surface area contributed by atoms with Gasteiger partial charge >= 0.3 is 5.97 Å². The monoisotopic (exact) mass is 312 g/mol. The molecule has 17 heavy (non-hydrogen) atoms. The summed E-state index contributed by atoms with van der Waals surface area (Å²) in [6, 6.07) is 5.37. The van der Waals surface area contributed by atoms with Crippen LogP contribution in [0.4, 0.5) is 5.69 Å². The van der Waals surface area contributed by atoms with Crippen molar-refractivity contribution in [3.05, 3.63) is 44.8 Å². The second-order valence-corrected chi connectivity index (χ2v) is 5.10. The van der Waals surface area contributed by atoms with Crippen LogP contribution in [-0.2, 0) is 6.54 Å². The molecule has 0 radical (unpaired) electrons. The topological polar surface area (TPSA) is 62.2 Å². The van der Waals surface area contributed by atoms with Crippen LogP contribution in [0.3, 0.4) is 0 Å². The maximum absolute atomic E-state index is 10.9. The lowest BCUT2D eigenvalue weighted by Crippen LogP contribution is -2.07. The van der Waals surface area contributed by atoms with Crippen LogP contribution in [0.15, 0.2) is 34.2 Å². The molecule has 2 rings (SSSR count). The third-order valence-electron chi connectivity index (χ3n) is 2.14. The molecule has 0 aliphatic heterocycles. The van der Waals surface area contributed by atoms with E-state index in [0.717, 1.165) is 9.35 Å². The number of hydrogen-bond acceptors (Lipinski definition) is 4. The molecule has 0 aromatic carbocycles. The fourth-order valence-corrected chi connectivity index (χ4v) is 2.78. The number of carbonyl (C=O) groups is 1. The van der Waals surface area contributed by atoms with Gasteiger partial charge in [-0.2, -0.15) is 0 Å². The zero-order chi connectivity index (χ0) is 12.3. The molecule has 2 aromatic rings. The summed E-state index contributed by atoms with van der Waals surface area (Å²) in [6.07, 6.45) is 1.47. The SMILES string of the molecule is O=C(O)c1ncccc1NCc1sccc1Br. The predicted molar refractivity (Wildman–Crippen MR) is 70.5 cm³/mol. The zero-order valence-corrected chi connectivity index (χ0v) is 11.1. The summed E-state index contributed by atoms with van der Waals surface area (Å²) in [5.41, 5.74) is 0.570. The van der Waals surface area contributed by atoms with Gasteiger partial charge in [-0.3, -0.25) is 0 Å². The molecule has 0 aliphatic rings. The Bertz CT molecular complexity index is 542. The molecule has 0 saturated carbocycles. The second-order valence-electron chi connectivity index (χ2n) is 3.25. The lowest BCUT2D eigenvalue weighted by Gasteiger charge is -2.07. The molecule has 0 spiro atoms. The van der Waals surface area contributed by atoms with E-state index in [4.69, 9.17) is 5.11 Å². The molecule has 0 unspecified atom stereocenters. The Morgan fingerprint density at radius 3 is 3.00 bits per heavy atom. The minimum Gasteiger partial charge on any atom is -0.476 e. The Hall–Kier alpha value is -1.40. The number of thiophene rings is 1. The van der Waals surface area contributed by atoms with Crippen LogP contribution in [0.2, 0.25) is 0 Å². The number of aromatic nitrogens is 1. The van der Waals surface area contributed by atoms with Gasteiger partial charge in [-0.15, -0.1) is 11.3 Å². The minimum atomic E-state index is -1.03. The Morgan fingerprint density at radius 1 is 1.53 bits per heavy atom. The van der Waals surface area contributed by atoms with Crippen molar-refractivity contribution in [3.63, 3.8) is 0 Å². The van der Waals surface area contributed by atoms with Crippen molar-refractivity contribution in [1.82, 2.24) is 4.98 Å². The number of carboxylic acids is 1. The molecule has 0 saturated heterocycles. The molecule has 0 fully saturated rings. The largest absolute Gasteiger partial charge is 0.476 e. The van der Waals surface area contributed by atoms with E-state index in [0.29, 0.717) is 12.2 Å². The normalized spacial score (nSPS) is 10.2. The van der Waals surface area contributed by atoms with E-state index in [2.05, 4.69) is 26.2 Å². The molecule has 0 bridgehead atoms. The van der Waals surface area contributed by atoms with Crippen molar-refractivity contribution in [2.45, 2.75) is 6.54 Å². The van der Waals surface area contributed by atoms with Gasteiger partial charge in [0.15, 0.2) is 5.69 Å². The van der Waals surface area contributed by atoms with Crippen molar-refractivity contribution < 1.29 is 9.90 Å².